The van der Waals surface area contributed by atoms with E-state index in [1.165, 1.54) is 16.7 Å². The molecule has 4 amide bonds. The molecule has 2 heterocycles. The van der Waals surface area contributed by atoms with E-state index in [4.69, 9.17) is 0 Å². The van der Waals surface area contributed by atoms with Crippen LogP contribution in [0.15, 0.2) is 42.5 Å². The van der Waals surface area contributed by atoms with Crippen molar-refractivity contribution >= 4 is 23.6 Å². The molecule has 5 rings (SSSR count). The highest BCUT2D eigenvalue weighted by Crippen LogP contribution is 2.38. The van der Waals surface area contributed by atoms with Gasteiger partial charge in [0.05, 0.1) is 18.6 Å². The van der Waals surface area contributed by atoms with Gasteiger partial charge >= 0.3 is 0 Å². The maximum Gasteiger partial charge on any atom is 0.246 e. The van der Waals surface area contributed by atoms with Crippen LogP contribution in [0.4, 0.5) is 0 Å². The molecule has 0 radical (unpaired) electrons. The van der Waals surface area contributed by atoms with Crippen LogP contribution in [-0.4, -0.2) is 84.8 Å². The standard InChI is InChI=1S/C41H60N6O4/c1-25-19-27-17-18-28(20-29(27)23-46(25)39(51)36(41(5,6)7)45-34(48)22-42-8)30-21-33(47(24-30)38(50)35(43-9)40(2,3)4)37(49)44-32-16-12-14-26-13-10-11-15-31(26)32/h10-11,13,15,17-18,20,25,30,32-33,35-36,42-43H,12,14,16,19,21-24H2,1-9H3,(H,44,49)(H,45,48)/t25?,30?,32-,33+,35-,36?/m1/s1. The number of aryl methyl sites for hydroxylation is 1. The molecule has 278 valence electrons. The number of nitrogens with zero attached hydrogens (tertiary/aromatic N) is 2. The van der Waals surface area contributed by atoms with E-state index in [-0.39, 0.29) is 53.6 Å². The lowest BCUT2D eigenvalue weighted by Gasteiger charge is -2.40. The number of rotatable bonds is 9. The SMILES string of the molecule is CNCC(=O)NC(C(=O)N1Cc2cc(C3C[C@@H](C(=O)N[C@@H]4CCCc5ccccc54)N(C(=O)[C@@H](NC)C(C)(C)C)C3)ccc2CC1C)C(C)(C)C. The van der Waals surface area contributed by atoms with Crippen LogP contribution in [0.25, 0.3) is 0 Å². The van der Waals surface area contributed by atoms with Gasteiger partial charge in [-0.25, -0.2) is 0 Å². The second-order valence-corrected chi connectivity index (χ2v) is 17.1. The van der Waals surface area contributed by atoms with E-state index in [2.05, 4.69) is 64.6 Å². The molecule has 1 saturated heterocycles. The van der Waals surface area contributed by atoms with Gasteiger partial charge in [0.1, 0.15) is 12.1 Å². The Bertz CT molecular complexity index is 1610. The number of hydrogen-bond donors (Lipinski definition) is 4. The van der Waals surface area contributed by atoms with Crippen molar-refractivity contribution in [3.8, 4) is 0 Å². The molecule has 0 aromatic heterocycles. The van der Waals surface area contributed by atoms with Gasteiger partial charge in [-0.2, -0.15) is 0 Å². The Morgan fingerprint density at radius 3 is 2.22 bits per heavy atom. The number of benzene rings is 2. The third-order valence-corrected chi connectivity index (χ3v) is 11.1. The molecule has 10 heteroatoms. The summed E-state index contributed by atoms with van der Waals surface area (Å²) in [6, 6.07) is 13.0. The molecule has 0 saturated carbocycles. The van der Waals surface area contributed by atoms with Gasteiger partial charge in [-0.1, -0.05) is 84.0 Å². The van der Waals surface area contributed by atoms with Gasteiger partial charge in [-0.05, 0) is 91.8 Å². The lowest BCUT2D eigenvalue weighted by molar-refractivity contribution is -0.142. The highest BCUT2D eigenvalue weighted by atomic mass is 16.2. The van der Waals surface area contributed by atoms with Crippen molar-refractivity contribution in [2.45, 2.75) is 123 Å². The fourth-order valence-corrected chi connectivity index (χ4v) is 8.33. The summed E-state index contributed by atoms with van der Waals surface area (Å²) in [4.78, 5) is 58.9. The molecule has 0 bridgehead atoms. The van der Waals surface area contributed by atoms with Gasteiger partial charge in [0.15, 0.2) is 0 Å². The van der Waals surface area contributed by atoms with Gasteiger partial charge in [0.2, 0.25) is 23.6 Å². The number of likely N-dealkylation sites (N-methyl/N-ethyl adjacent to an activating group) is 2. The maximum atomic E-state index is 14.3. The predicted octanol–water partition coefficient (Wildman–Crippen LogP) is 4.22. The first kappa shape index (κ1) is 38.5. The molecular weight excluding hydrogens is 640 g/mol. The highest BCUT2D eigenvalue weighted by Gasteiger charge is 2.45. The summed E-state index contributed by atoms with van der Waals surface area (Å²) in [6.07, 6.45) is 4.13. The van der Waals surface area contributed by atoms with E-state index >= 15 is 0 Å². The predicted molar refractivity (Wildman–Crippen MR) is 201 cm³/mol. The van der Waals surface area contributed by atoms with Crippen molar-refractivity contribution in [3.63, 3.8) is 0 Å². The van der Waals surface area contributed by atoms with Gasteiger partial charge in [-0.15, -0.1) is 0 Å². The molecule has 10 nitrogen and oxygen atoms in total. The normalized spacial score (nSPS) is 23.2. The van der Waals surface area contributed by atoms with E-state index in [0.29, 0.717) is 25.9 Å². The monoisotopic (exact) mass is 700 g/mol. The molecule has 4 N–H and O–H groups in total. The summed E-state index contributed by atoms with van der Waals surface area (Å²) < 4.78 is 0. The summed E-state index contributed by atoms with van der Waals surface area (Å²) in [7, 11) is 3.52. The van der Waals surface area contributed by atoms with Crippen molar-refractivity contribution in [1.82, 2.24) is 31.1 Å². The minimum absolute atomic E-state index is 0.0321. The Kier molecular flexibility index (Phi) is 11.7. The van der Waals surface area contributed by atoms with E-state index < -0.39 is 23.5 Å². The van der Waals surface area contributed by atoms with Crippen LogP contribution in [0.5, 0.6) is 0 Å². The van der Waals surface area contributed by atoms with Crippen LogP contribution in [0.3, 0.4) is 0 Å². The Morgan fingerprint density at radius 1 is 0.863 bits per heavy atom. The first-order valence-electron chi connectivity index (χ1n) is 18.8. The number of hydrogen-bond acceptors (Lipinski definition) is 6. The molecule has 3 aliphatic rings. The Balaban J connectivity index is 1.41. The third-order valence-electron chi connectivity index (χ3n) is 11.1. The smallest absolute Gasteiger partial charge is 0.246 e. The average Bonchev–Trinajstić information content (AvgIpc) is 3.52. The van der Waals surface area contributed by atoms with Crippen LogP contribution in [0.2, 0.25) is 0 Å². The summed E-state index contributed by atoms with van der Waals surface area (Å²) in [5.41, 5.74) is 4.96. The second-order valence-electron chi connectivity index (χ2n) is 17.1. The van der Waals surface area contributed by atoms with Gasteiger partial charge < -0.3 is 31.1 Å². The lowest BCUT2D eigenvalue weighted by atomic mass is 9.84. The number of fused-ring (bicyclic) bond motifs is 2. The van der Waals surface area contributed by atoms with Crippen molar-refractivity contribution in [1.29, 1.82) is 0 Å². The van der Waals surface area contributed by atoms with Gasteiger partial charge in [0, 0.05) is 25.0 Å². The molecule has 2 aliphatic heterocycles. The zero-order valence-electron chi connectivity index (χ0n) is 32.2. The molecular formula is C41H60N6O4. The largest absolute Gasteiger partial charge is 0.347 e. The van der Waals surface area contributed by atoms with Crippen LogP contribution in [0.1, 0.15) is 108 Å². The quantitative estimate of drug-likeness (QED) is 0.311. The topological polar surface area (TPSA) is 123 Å². The van der Waals surface area contributed by atoms with E-state index in [0.717, 1.165) is 30.4 Å². The average molecular weight is 701 g/mol. The summed E-state index contributed by atoms with van der Waals surface area (Å²) in [5, 5.41) is 12.4. The summed E-state index contributed by atoms with van der Waals surface area (Å²) >= 11 is 0. The summed E-state index contributed by atoms with van der Waals surface area (Å²) in [6.45, 7) is 15.1. The maximum absolute atomic E-state index is 14.3. The summed E-state index contributed by atoms with van der Waals surface area (Å²) in [5.74, 6) is -0.508. The van der Waals surface area contributed by atoms with Crippen LogP contribution in [-0.2, 0) is 38.6 Å². The molecule has 3 unspecified atom stereocenters. The Hall–Kier alpha value is -3.76. The van der Waals surface area contributed by atoms with Crippen LogP contribution >= 0.6 is 0 Å². The van der Waals surface area contributed by atoms with Crippen molar-refractivity contribution < 1.29 is 19.2 Å². The van der Waals surface area contributed by atoms with E-state index in [9.17, 15) is 19.2 Å². The molecule has 2 aromatic rings. The number of nitrogens with one attached hydrogen (secondary N) is 4. The second kappa shape index (κ2) is 15.5. The minimum atomic E-state index is -0.668. The van der Waals surface area contributed by atoms with Crippen LogP contribution < -0.4 is 21.3 Å². The zero-order chi connectivity index (χ0) is 37.2. The first-order valence-corrected chi connectivity index (χ1v) is 18.8. The Morgan fingerprint density at radius 2 is 1.55 bits per heavy atom. The molecule has 1 aliphatic carbocycles. The number of amides is 4. The molecule has 6 atom stereocenters. The fourth-order valence-electron chi connectivity index (χ4n) is 8.33. The zero-order valence-corrected chi connectivity index (χ0v) is 32.2. The third kappa shape index (κ3) is 8.49. The number of carbonyl (C=O) groups excluding carboxylic acids is 4. The molecule has 1 fully saturated rings. The van der Waals surface area contributed by atoms with E-state index in [1.54, 1.807) is 11.9 Å². The minimum Gasteiger partial charge on any atom is -0.347 e. The van der Waals surface area contributed by atoms with Crippen molar-refractivity contribution in [2.75, 3.05) is 27.2 Å². The molecule has 51 heavy (non-hydrogen) atoms. The Labute approximate surface area is 304 Å². The van der Waals surface area contributed by atoms with Crippen LogP contribution in [0, 0.1) is 10.8 Å². The van der Waals surface area contributed by atoms with Gasteiger partial charge in [-0.3, -0.25) is 19.2 Å². The molecule has 2 aromatic carbocycles. The number of likely N-dealkylation sites (tertiary alicyclic amines) is 1. The van der Waals surface area contributed by atoms with Crippen molar-refractivity contribution in [3.05, 3.63) is 70.3 Å². The highest BCUT2D eigenvalue weighted by molar-refractivity contribution is 5.91. The lowest BCUT2D eigenvalue weighted by Crippen LogP contribution is -2.58. The first-order chi connectivity index (χ1) is 24.0. The van der Waals surface area contributed by atoms with Gasteiger partial charge in [0.25, 0.3) is 0 Å². The van der Waals surface area contributed by atoms with Crippen molar-refractivity contribution in [2.24, 2.45) is 10.8 Å². The molecule has 0 spiro atoms. The van der Waals surface area contributed by atoms with E-state index in [1.807, 2.05) is 59.6 Å². The number of carbonyl (C=O) groups is 4. The fraction of sp³-hybridized carbons (Fsp3) is 0.610.